The average Bonchev–Trinajstić information content (AvgIpc) is 3.66. The van der Waals surface area contributed by atoms with Crippen LogP contribution in [0, 0.1) is 0 Å². The molecule has 2 aromatic heterocycles. The van der Waals surface area contributed by atoms with E-state index in [1.807, 2.05) is 23.2 Å². The minimum absolute atomic E-state index is 0.411. The van der Waals surface area contributed by atoms with E-state index in [1.165, 1.54) is 11.1 Å². The maximum Gasteiger partial charge on any atom is 0.185 e. The van der Waals surface area contributed by atoms with Crippen molar-refractivity contribution in [3.8, 4) is 0 Å². The molecule has 6 nitrogen and oxygen atoms in total. The summed E-state index contributed by atoms with van der Waals surface area (Å²) in [7, 11) is 0. The molecule has 0 bridgehead atoms. The molecule has 2 aromatic carbocycles. The van der Waals surface area contributed by atoms with Crippen molar-refractivity contribution in [2.45, 2.75) is 12.1 Å². The zero-order valence-corrected chi connectivity index (χ0v) is 20.7. The molecule has 8 heteroatoms. The maximum absolute atomic E-state index is 4.38. The molecule has 34 heavy (non-hydrogen) atoms. The van der Waals surface area contributed by atoms with E-state index in [2.05, 4.69) is 91.1 Å². The molecule has 4 aromatic rings. The third kappa shape index (κ3) is 5.82. The lowest BCUT2D eigenvalue weighted by Crippen LogP contribution is -2.45. The van der Waals surface area contributed by atoms with Crippen LogP contribution in [0.3, 0.4) is 0 Å². The van der Waals surface area contributed by atoms with Crippen molar-refractivity contribution in [2.75, 3.05) is 49.1 Å². The largest absolute Gasteiger partial charge is 0.345 e. The zero-order chi connectivity index (χ0) is 23.0. The normalized spacial score (nSPS) is 20.5. The smallest absolute Gasteiger partial charge is 0.185 e. The summed E-state index contributed by atoms with van der Waals surface area (Å²) in [4.78, 5) is 13.5. The number of thiazole rings is 2. The van der Waals surface area contributed by atoms with E-state index in [-0.39, 0.29) is 0 Å². The predicted molar refractivity (Wildman–Crippen MR) is 143 cm³/mol. The molecule has 0 amide bonds. The van der Waals surface area contributed by atoms with Gasteiger partial charge in [0.05, 0.1) is 0 Å². The Bertz CT molecular complexity index is 999. The van der Waals surface area contributed by atoms with Gasteiger partial charge in [0.15, 0.2) is 10.3 Å². The standard InChI is InChI=1S/2C13H15N3S/c2*1-2-4-11(5-3-1)12-10-16(8-6-14-12)13-15-7-9-17-13/h2*1-5,7,9,12,14H,6,8,10H2. The average molecular weight is 491 g/mol. The third-order valence-electron chi connectivity index (χ3n) is 6.13. The number of piperazine rings is 2. The fourth-order valence-corrected chi connectivity index (χ4v) is 5.77. The van der Waals surface area contributed by atoms with Gasteiger partial charge in [-0.3, -0.25) is 0 Å². The molecule has 2 aliphatic rings. The molecule has 2 N–H and O–H groups in total. The number of benzene rings is 2. The molecule has 2 fully saturated rings. The van der Waals surface area contributed by atoms with Gasteiger partial charge in [0.25, 0.3) is 0 Å². The number of nitrogens with one attached hydrogen (secondary N) is 2. The SMILES string of the molecule is c1ccc(C2CN(c3nccs3)CCN2)cc1.c1ccc(C2CN(c3nccs3)CCN2)cc1. The van der Waals surface area contributed by atoms with Crippen LogP contribution in [0.5, 0.6) is 0 Å². The minimum atomic E-state index is 0.411. The Morgan fingerprint density at radius 3 is 1.47 bits per heavy atom. The lowest BCUT2D eigenvalue weighted by atomic mass is 10.1. The van der Waals surface area contributed by atoms with Gasteiger partial charge >= 0.3 is 0 Å². The molecule has 0 spiro atoms. The summed E-state index contributed by atoms with van der Waals surface area (Å²) in [5.41, 5.74) is 2.71. The van der Waals surface area contributed by atoms with Gasteiger partial charge in [0, 0.05) is 74.5 Å². The second-order valence-electron chi connectivity index (χ2n) is 8.36. The molecule has 0 radical (unpaired) electrons. The fraction of sp³-hybridized carbons (Fsp3) is 0.308. The second-order valence-corrected chi connectivity index (χ2v) is 10.1. The summed E-state index contributed by atoms with van der Waals surface area (Å²) < 4.78 is 0. The molecule has 176 valence electrons. The monoisotopic (exact) mass is 490 g/mol. The molecule has 2 unspecified atom stereocenters. The van der Waals surface area contributed by atoms with Crippen LogP contribution in [0.1, 0.15) is 23.2 Å². The van der Waals surface area contributed by atoms with Crippen molar-refractivity contribution >= 4 is 32.9 Å². The highest BCUT2D eigenvalue weighted by atomic mass is 32.1. The first-order valence-corrected chi connectivity index (χ1v) is 13.5. The first-order chi connectivity index (χ1) is 16.9. The van der Waals surface area contributed by atoms with Crippen molar-refractivity contribution in [1.82, 2.24) is 20.6 Å². The maximum atomic E-state index is 4.38. The lowest BCUT2D eigenvalue weighted by Gasteiger charge is -2.33. The molecule has 6 rings (SSSR count). The molecule has 0 saturated carbocycles. The zero-order valence-electron chi connectivity index (χ0n) is 19.1. The van der Waals surface area contributed by atoms with Crippen molar-refractivity contribution in [3.63, 3.8) is 0 Å². The van der Waals surface area contributed by atoms with E-state index in [0.29, 0.717) is 12.1 Å². The van der Waals surface area contributed by atoms with Gasteiger partial charge in [0.1, 0.15) is 0 Å². The van der Waals surface area contributed by atoms with E-state index < -0.39 is 0 Å². The molecular weight excluding hydrogens is 460 g/mol. The Kier molecular flexibility index (Phi) is 7.82. The van der Waals surface area contributed by atoms with Crippen LogP contribution in [-0.2, 0) is 0 Å². The number of aromatic nitrogens is 2. The summed E-state index contributed by atoms with van der Waals surface area (Å²) in [6.07, 6.45) is 3.75. The van der Waals surface area contributed by atoms with Crippen LogP contribution in [-0.4, -0.2) is 49.2 Å². The second kappa shape index (κ2) is 11.6. The fourth-order valence-electron chi connectivity index (χ4n) is 4.41. The van der Waals surface area contributed by atoms with Gasteiger partial charge in [-0.2, -0.15) is 0 Å². The first kappa shape index (κ1) is 23.0. The highest BCUT2D eigenvalue weighted by molar-refractivity contribution is 7.13. The molecule has 0 aliphatic carbocycles. The van der Waals surface area contributed by atoms with E-state index in [1.54, 1.807) is 22.7 Å². The Balaban J connectivity index is 0.000000142. The van der Waals surface area contributed by atoms with Crippen LogP contribution < -0.4 is 20.4 Å². The van der Waals surface area contributed by atoms with Crippen molar-refractivity contribution in [2.24, 2.45) is 0 Å². The number of hydrogen-bond acceptors (Lipinski definition) is 8. The lowest BCUT2D eigenvalue weighted by molar-refractivity contribution is 0.471. The third-order valence-corrected chi connectivity index (χ3v) is 7.80. The molecule has 2 aliphatic heterocycles. The summed E-state index contributed by atoms with van der Waals surface area (Å²) in [5.74, 6) is 0. The van der Waals surface area contributed by atoms with Gasteiger partial charge in [0.2, 0.25) is 0 Å². The van der Waals surface area contributed by atoms with Crippen molar-refractivity contribution in [3.05, 3.63) is 94.9 Å². The Labute approximate surface area is 209 Å². The van der Waals surface area contributed by atoms with E-state index in [0.717, 1.165) is 49.5 Å². The molecule has 4 heterocycles. The van der Waals surface area contributed by atoms with Gasteiger partial charge in [-0.05, 0) is 11.1 Å². The van der Waals surface area contributed by atoms with Crippen LogP contribution in [0.15, 0.2) is 83.8 Å². The summed E-state index contributed by atoms with van der Waals surface area (Å²) in [6, 6.07) is 22.1. The van der Waals surface area contributed by atoms with Crippen molar-refractivity contribution < 1.29 is 0 Å². The molecular formula is C26H30N6S2. The quantitative estimate of drug-likeness (QED) is 0.437. The highest BCUT2D eigenvalue weighted by Gasteiger charge is 2.22. The number of hydrogen-bond donors (Lipinski definition) is 2. The Morgan fingerprint density at radius 2 is 1.09 bits per heavy atom. The Morgan fingerprint density at radius 1 is 0.647 bits per heavy atom. The van der Waals surface area contributed by atoms with Gasteiger partial charge in [-0.1, -0.05) is 60.7 Å². The molecule has 2 atom stereocenters. The molecule has 2 saturated heterocycles. The number of nitrogens with zero attached hydrogens (tertiary/aromatic N) is 4. The van der Waals surface area contributed by atoms with Gasteiger partial charge in [-0.15, -0.1) is 22.7 Å². The van der Waals surface area contributed by atoms with Crippen molar-refractivity contribution in [1.29, 1.82) is 0 Å². The summed E-state index contributed by atoms with van der Waals surface area (Å²) in [5, 5.41) is 13.5. The van der Waals surface area contributed by atoms with Gasteiger partial charge in [-0.25, -0.2) is 9.97 Å². The number of anilines is 2. The summed E-state index contributed by atoms with van der Waals surface area (Å²) in [6.45, 7) is 6.10. The predicted octanol–water partition coefficient (Wildman–Crippen LogP) is 4.59. The van der Waals surface area contributed by atoms with Gasteiger partial charge < -0.3 is 20.4 Å². The van der Waals surface area contributed by atoms with Crippen LogP contribution in [0.2, 0.25) is 0 Å². The van der Waals surface area contributed by atoms with E-state index >= 15 is 0 Å². The van der Waals surface area contributed by atoms with Crippen LogP contribution in [0.4, 0.5) is 10.3 Å². The van der Waals surface area contributed by atoms with Crippen LogP contribution >= 0.6 is 22.7 Å². The minimum Gasteiger partial charge on any atom is -0.345 e. The van der Waals surface area contributed by atoms with E-state index in [4.69, 9.17) is 0 Å². The van der Waals surface area contributed by atoms with Crippen LogP contribution in [0.25, 0.3) is 0 Å². The van der Waals surface area contributed by atoms with E-state index in [9.17, 15) is 0 Å². The first-order valence-electron chi connectivity index (χ1n) is 11.7. The summed E-state index contributed by atoms with van der Waals surface area (Å²) >= 11 is 3.43. The number of rotatable bonds is 4. The topological polar surface area (TPSA) is 56.3 Å². The Hall–Kier alpha value is -2.78. The highest BCUT2D eigenvalue weighted by Crippen LogP contribution is 2.25.